The van der Waals surface area contributed by atoms with Crippen molar-refractivity contribution in [1.82, 2.24) is 5.01 Å². The molecule has 1 heterocycles. The number of hydrogen-bond donors (Lipinski definition) is 0. The predicted octanol–water partition coefficient (Wildman–Crippen LogP) is 3.73. The van der Waals surface area contributed by atoms with Crippen LogP contribution >= 0.6 is 0 Å². The molecule has 0 N–H and O–H groups in total. The van der Waals surface area contributed by atoms with Crippen molar-refractivity contribution in [2.75, 3.05) is 13.7 Å². The highest BCUT2D eigenvalue weighted by molar-refractivity contribution is 7.90. The van der Waals surface area contributed by atoms with Gasteiger partial charge in [-0.25, -0.2) is 9.80 Å². The minimum absolute atomic E-state index is 0.0912. The van der Waals surface area contributed by atoms with Crippen molar-refractivity contribution in [2.24, 2.45) is 9.50 Å². The number of carbonyl (C=O) groups excluding carboxylic acids is 1. The smallest absolute Gasteiger partial charge is 0.338 e. The highest BCUT2D eigenvalue weighted by Gasteiger charge is 2.32. The lowest BCUT2D eigenvalue weighted by molar-refractivity contribution is 0.0300. The van der Waals surface area contributed by atoms with E-state index in [1.54, 1.807) is 74.8 Å². The molecule has 0 radical (unpaired) electrons. The monoisotopic (exact) mass is 477 g/mol. The summed E-state index contributed by atoms with van der Waals surface area (Å²) in [6, 6.07) is 22.4. The van der Waals surface area contributed by atoms with E-state index in [0.717, 1.165) is 5.56 Å². The summed E-state index contributed by atoms with van der Waals surface area (Å²) >= 11 is 0. The molecular weight excluding hydrogens is 454 g/mol. The number of benzene rings is 3. The van der Waals surface area contributed by atoms with Crippen molar-refractivity contribution in [2.45, 2.75) is 17.9 Å². The maximum absolute atomic E-state index is 12.6. The fraction of sp³-hybridized carbons (Fsp3) is 0.160. The summed E-state index contributed by atoms with van der Waals surface area (Å²) in [6.45, 7) is 1.81. The molecule has 1 atom stereocenters. The van der Waals surface area contributed by atoms with Crippen molar-refractivity contribution in [3.63, 3.8) is 0 Å². The van der Waals surface area contributed by atoms with Gasteiger partial charge in [-0.2, -0.15) is 13.5 Å². The third-order valence-electron chi connectivity index (χ3n) is 5.07. The number of fused-ring (bicyclic) bond motifs is 1. The Kier molecular flexibility index (Phi) is 6.74. The average Bonchev–Trinajstić information content (AvgIpc) is 3.13. The Balaban J connectivity index is 1.61. The van der Waals surface area contributed by atoms with Gasteiger partial charge in [0.1, 0.15) is 16.7 Å². The molecule has 1 aliphatic heterocycles. The molecule has 0 fully saturated rings. The molecule has 0 bridgehead atoms. The van der Waals surface area contributed by atoms with E-state index >= 15 is 0 Å². The van der Waals surface area contributed by atoms with Gasteiger partial charge in [0.05, 0.1) is 25.4 Å². The molecule has 0 unspecified atom stereocenters. The van der Waals surface area contributed by atoms with Gasteiger partial charge in [-0.05, 0) is 61.0 Å². The van der Waals surface area contributed by atoms with Crippen LogP contribution in [0.5, 0.6) is 5.75 Å². The second kappa shape index (κ2) is 9.88. The second-order valence-corrected chi connectivity index (χ2v) is 9.14. The van der Waals surface area contributed by atoms with Crippen LogP contribution in [0, 0.1) is 0 Å². The zero-order valence-electron chi connectivity index (χ0n) is 18.7. The molecule has 0 saturated heterocycles. The number of ether oxygens (including phenoxy) is 2. The van der Waals surface area contributed by atoms with Crippen LogP contribution in [0.2, 0.25) is 0 Å². The Hall–Kier alpha value is -3.98. The summed E-state index contributed by atoms with van der Waals surface area (Å²) in [7, 11) is -2.26. The van der Waals surface area contributed by atoms with E-state index < -0.39 is 22.1 Å². The number of hydrazone groups is 1. The van der Waals surface area contributed by atoms with E-state index in [9.17, 15) is 13.2 Å². The maximum Gasteiger partial charge on any atom is 0.338 e. The van der Waals surface area contributed by atoms with Gasteiger partial charge in [0.25, 0.3) is 10.0 Å². The first-order valence-electron chi connectivity index (χ1n) is 10.5. The third-order valence-corrected chi connectivity index (χ3v) is 6.39. The summed E-state index contributed by atoms with van der Waals surface area (Å²) < 4.78 is 39.9. The summed E-state index contributed by atoms with van der Waals surface area (Å²) in [5.74, 6) is 0.396. The fourth-order valence-corrected chi connectivity index (χ4v) is 4.60. The van der Waals surface area contributed by atoms with E-state index in [1.807, 2.05) is 18.2 Å². The van der Waals surface area contributed by atoms with Crippen LogP contribution in [0.25, 0.3) is 0 Å². The van der Waals surface area contributed by atoms with Gasteiger partial charge < -0.3 is 9.47 Å². The normalized spacial score (nSPS) is 14.8. The number of amidine groups is 1. The molecule has 0 amide bonds. The Bertz CT molecular complexity index is 1340. The predicted molar refractivity (Wildman–Crippen MR) is 129 cm³/mol. The Morgan fingerprint density at radius 1 is 1.03 bits per heavy atom. The van der Waals surface area contributed by atoms with Gasteiger partial charge >= 0.3 is 5.97 Å². The Morgan fingerprint density at radius 3 is 2.41 bits per heavy atom. The second-order valence-electron chi connectivity index (χ2n) is 7.57. The van der Waals surface area contributed by atoms with Crippen molar-refractivity contribution in [3.8, 4) is 5.75 Å². The zero-order chi connectivity index (χ0) is 24.1. The highest BCUT2D eigenvalue weighted by Crippen LogP contribution is 2.28. The molecule has 0 aliphatic carbocycles. The molecule has 3 aromatic rings. The van der Waals surface area contributed by atoms with Crippen molar-refractivity contribution in [1.29, 1.82) is 0 Å². The van der Waals surface area contributed by atoms with E-state index in [2.05, 4.69) is 9.50 Å². The average molecular weight is 478 g/mol. The van der Waals surface area contributed by atoms with E-state index in [4.69, 9.17) is 9.47 Å². The van der Waals surface area contributed by atoms with E-state index in [1.165, 1.54) is 11.1 Å². The molecule has 0 aromatic heterocycles. The van der Waals surface area contributed by atoms with Crippen molar-refractivity contribution >= 4 is 28.0 Å². The minimum Gasteiger partial charge on any atom is -0.497 e. The first-order chi connectivity index (χ1) is 16.4. The molecule has 174 valence electrons. The van der Waals surface area contributed by atoms with Gasteiger partial charge in [0, 0.05) is 5.56 Å². The molecule has 4 rings (SSSR count). The molecular formula is C25H23N3O5S. The van der Waals surface area contributed by atoms with Crippen LogP contribution in [0.4, 0.5) is 0 Å². The van der Waals surface area contributed by atoms with Crippen LogP contribution < -0.4 is 4.74 Å². The molecule has 0 spiro atoms. The number of esters is 1. The van der Waals surface area contributed by atoms with Crippen LogP contribution in [0.15, 0.2) is 93.3 Å². The number of sulfonamides is 1. The van der Waals surface area contributed by atoms with Gasteiger partial charge in [-0.3, -0.25) is 0 Å². The first kappa shape index (κ1) is 23.2. The van der Waals surface area contributed by atoms with Gasteiger partial charge in [-0.15, -0.1) is 4.40 Å². The summed E-state index contributed by atoms with van der Waals surface area (Å²) in [4.78, 5) is 12.6. The quantitative estimate of drug-likeness (QED) is 0.292. The molecule has 8 nitrogen and oxygen atoms in total. The zero-order valence-corrected chi connectivity index (χ0v) is 19.5. The number of nitrogens with zero attached hydrogens (tertiary/aromatic N) is 3. The molecule has 0 saturated carbocycles. The van der Waals surface area contributed by atoms with Crippen LogP contribution in [-0.4, -0.2) is 51.2 Å². The van der Waals surface area contributed by atoms with Gasteiger partial charge in [0.2, 0.25) is 0 Å². The van der Waals surface area contributed by atoms with Crippen LogP contribution in [0.3, 0.4) is 0 Å². The number of rotatable bonds is 7. The lowest BCUT2D eigenvalue weighted by Gasteiger charge is -2.23. The van der Waals surface area contributed by atoms with Crippen LogP contribution in [-0.2, 0) is 14.8 Å². The Labute approximate surface area is 198 Å². The molecule has 9 heteroatoms. The van der Waals surface area contributed by atoms with Crippen LogP contribution in [0.1, 0.15) is 28.4 Å². The standard InChI is InChI=1S/C25H23N3O5S/c1-18(33-25(29)20-8-4-3-5-9-20)17-28(26-16-19-12-14-21(32-2)15-13-19)24-22-10-6-7-11-23(22)34(30,31)27-24/h3-16,18H,17H2,1-2H3/b26-16-/t18-/m1/s1. The minimum atomic E-state index is -3.85. The van der Waals surface area contributed by atoms with Crippen molar-refractivity contribution < 1.29 is 22.7 Å². The first-order valence-corrected chi connectivity index (χ1v) is 12.0. The largest absolute Gasteiger partial charge is 0.497 e. The highest BCUT2D eigenvalue weighted by atomic mass is 32.2. The summed E-state index contributed by atoms with van der Waals surface area (Å²) in [6.07, 6.45) is 0.972. The lowest BCUT2D eigenvalue weighted by Crippen LogP contribution is -2.34. The van der Waals surface area contributed by atoms with Gasteiger partial charge in [0.15, 0.2) is 5.84 Å². The summed E-state index contributed by atoms with van der Waals surface area (Å²) in [5, 5.41) is 5.94. The molecule has 34 heavy (non-hydrogen) atoms. The van der Waals surface area contributed by atoms with Gasteiger partial charge in [-0.1, -0.05) is 30.3 Å². The third kappa shape index (κ3) is 5.15. The van der Waals surface area contributed by atoms with Crippen molar-refractivity contribution in [3.05, 3.63) is 95.6 Å². The number of hydrogen-bond acceptors (Lipinski definition) is 7. The Morgan fingerprint density at radius 2 is 1.71 bits per heavy atom. The fourth-order valence-electron chi connectivity index (χ4n) is 3.40. The number of methoxy groups -OCH3 is 1. The van der Waals surface area contributed by atoms with E-state index in [0.29, 0.717) is 16.9 Å². The van der Waals surface area contributed by atoms with E-state index in [-0.39, 0.29) is 17.3 Å². The molecule has 3 aromatic carbocycles. The SMILES string of the molecule is COc1ccc(/C=N\N(C[C@@H](C)OC(=O)c2ccccc2)C2=NS(=O)(=O)c3ccccc32)cc1. The maximum atomic E-state index is 12.6. The lowest BCUT2D eigenvalue weighted by atomic mass is 10.2. The number of carbonyl (C=O) groups is 1. The summed E-state index contributed by atoms with van der Waals surface area (Å²) in [5.41, 5.74) is 1.64. The molecule has 1 aliphatic rings. The topological polar surface area (TPSA) is 97.6 Å².